The fourth-order valence-corrected chi connectivity index (χ4v) is 2.50. The van der Waals surface area contributed by atoms with Gasteiger partial charge in [-0.05, 0) is 37.8 Å². The topological polar surface area (TPSA) is 71.9 Å². The van der Waals surface area contributed by atoms with Gasteiger partial charge in [0.25, 0.3) is 11.8 Å². The minimum atomic E-state index is -0.133. The first kappa shape index (κ1) is 21.0. The van der Waals surface area contributed by atoms with Crippen molar-refractivity contribution in [3.63, 3.8) is 0 Å². The molecular formula is C19H32N3O3+. The van der Waals surface area contributed by atoms with E-state index in [2.05, 4.69) is 24.5 Å². The average molecular weight is 350 g/mol. The molecule has 0 bridgehead atoms. The average Bonchev–Trinajstić information content (AvgIpc) is 2.52. The van der Waals surface area contributed by atoms with Crippen LogP contribution in [0.3, 0.4) is 0 Å². The lowest BCUT2D eigenvalue weighted by Gasteiger charge is -2.17. The van der Waals surface area contributed by atoms with Crippen LogP contribution in [-0.2, 0) is 9.59 Å². The van der Waals surface area contributed by atoms with Crippen LogP contribution in [-0.4, -0.2) is 45.1 Å². The zero-order valence-corrected chi connectivity index (χ0v) is 16.0. The summed E-state index contributed by atoms with van der Waals surface area (Å²) < 4.78 is 5.13. The van der Waals surface area contributed by atoms with E-state index in [0.29, 0.717) is 17.4 Å². The van der Waals surface area contributed by atoms with Gasteiger partial charge in [0.2, 0.25) is 0 Å². The number of ether oxygens (including phenoxy) is 1. The number of hydrogen-bond donors (Lipinski definition) is 3. The van der Waals surface area contributed by atoms with Crippen LogP contribution in [0.5, 0.6) is 5.75 Å². The zero-order valence-electron chi connectivity index (χ0n) is 16.0. The molecule has 2 atom stereocenters. The fourth-order valence-electron chi connectivity index (χ4n) is 2.50. The van der Waals surface area contributed by atoms with Gasteiger partial charge < -0.3 is 20.3 Å². The van der Waals surface area contributed by atoms with Crippen LogP contribution in [0.1, 0.15) is 33.6 Å². The molecule has 0 saturated carbocycles. The molecule has 1 unspecified atom stereocenters. The monoisotopic (exact) mass is 350 g/mol. The van der Waals surface area contributed by atoms with Crippen molar-refractivity contribution < 1.29 is 19.2 Å². The van der Waals surface area contributed by atoms with Crippen LogP contribution in [0.15, 0.2) is 24.3 Å². The fraction of sp³-hybridized carbons (Fsp3) is 0.579. The summed E-state index contributed by atoms with van der Waals surface area (Å²) in [6.07, 6.45) is 2.06. The lowest BCUT2D eigenvalue weighted by atomic mass is 10.0. The van der Waals surface area contributed by atoms with Gasteiger partial charge in [0.1, 0.15) is 5.75 Å². The first-order chi connectivity index (χ1) is 11.8. The Hall–Kier alpha value is -2.08. The highest BCUT2D eigenvalue weighted by Crippen LogP contribution is 2.16. The lowest BCUT2D eigenvalue weighted by Crippen LogP contribution is -3.11. The zero-order chi connectivity index (χ0) is 18.8. The van der Waals surface area contributed by atoms with Crippen LogP contribution in [0.2, 0.25) is 0 Å². The molecule has 25 heavy (non-hydrogen) atoms. The van der Waals surface area contributed by atoms with Gasteiger partial charge in [-0.3, -0.25) is 9.59 Å². The second-order valence-electron chi connectivity index (χ2n) is 7.03. The molecule has 0 aromatic heterocycles. The maximum Gasteiger partial charge on any atom is 0.279 e. The van der Waals surface area contributed by atoms with Crippen LogP contribution in [0, 0.1) is 5.92 Å². The molecule has 1 aromatic carbocycles. The number of nitrogens with one attached hydrogen (secondary N) is 3. The highest BCUT2D eigenvalue weighted by atomic mass is 16.5. The molecule has 140 valence electrons. The predicted octanol–water partition coefficient (Wildman–Crippen LogP) is 1.09. The Morgan fingerprint density at radius 1 is 1.12 bits per heavy atom. The summed E-state index contributed by atoms with van der Waals surface area (Å²) in [5.74, 6) is 1.16. The van der Waals surface area contributed by atoms with E-state index >= 15 is 0 Å². The standard InChI is InChI=1S/C19H31N3O3/c1-14(2)9-10-15(3)20-18(23)12-22(4)13-19(24)21-16-7-6-8-17(11-16)25-5/h6-8,11,14-15H,9-10,12-13H2,1-5H3,(H,20,23)(H,21,24)/p+1/t15-/m0/s1. The maximum atomic E-state index is 12.1. The molecule has 0 aliphatic rings. The summed E-state index contributed by atoms with van der Waals surface area (Å²) >= 11 is 0. The number of likely N-dealkylation sites (N-methyl/N-ethyl adjacent to an activating group) is 1. The number of hydrogen-bond acceptors (Lipinski definition) is 3. The summed E-state index contributed by atoms with van der Waals surface area (Å²) in [7, 11) is 3.42. The number of carbonyl (C=O) groups excluding carboxylic acids is 2. The van der Waals surface area contributed by atoms with Crippen molar-refractivity contribution in [3.8, 4) is 5.75 Å². The molecular weight excluding hydrogens is 318 g/mol. The number of methoxy groups -OCH3 is 1. The Balaban J connectivity index is 2.35. The summed E-state index contributed by atoms with van der Waals surface area (Å²) in [5, 5.41) is 5.82. The largest absolute Gasteiger partial charge is 0.497 e. The number of carbonyl (C=O) groups is 2. The summed E-state index contributed by atoms with van der Waals surface area (Å²) in [6, 6.07) is 7.36. The molecule has 3 N–H and O–H groups in total. The van der Waals surface area contributed by atoms with E-state index in [1.807, 2.05) is 26.1 Å². The van der Waals surface area contributed by atoms with Crippen molar-refractivity contribution in [1.29, 1.82) is 0 Å². The molecule has 0 heterocycles. The second kappa shape index (κ2) is 10.7. The van der Waals surface area contributed by atoms with Crippen LogP contribution in [0.4, 0.5) is 5.69 Å². The molecule has 0 spiro atoms. The van der Waals surface area contributed by atoms with Gasteiger partial charge >= 0.3 is 0 Å². The summed E-state index contributed by atoms with van der Waals surface area (Å²) in [5.41, 5.74) is 0.684. The minimum absolute atomic E-state index is 0.0251. The smallest absolute Gasteiger partial charge is 0.279 e. The van der Waals surface area contributed by atoms with Crippen molar-refractivity contribution in [2.45, 2.75) is 39.7 Å². The molecule has 1 rings (SSSR count). The van der Waals surface area contributed by atoms with E-state index in [1.54, 1.807) is 19.2 Å². The number of benzene rings is 1. The SMILES string of the molecule is COc1cccc(NC(=O)C[NH+](C)CC(=O)N[C@@H](C)CCC(C)C)c1. The van der Waals surface area contributed by atoms with E-state index < -0.39 is 0 Å². The Kier molecular flexibility index (Phi) is 8.99. The summed E-state index contributed by atoms with van der Waals surface area (Å²) in [6.45, 7) is 6.87. The number of quaternary nitrogens is 1. The van der Waals surface area contributed by atoms with E-state index in [-0.39, 0.29) is 30.9 Å². The molecule has 0 saturated heterocycles. The normalized spacial score (nSPS) is 13.2. The number of amides is 2. The highest BCUT2D eigenvalue weighted by molar-refractivity contribution is 5.91. The van der Waals surface area contributed by atoms with Gasteiger partial charge in [-0.1, -0.05) is 19.9 Å². The molecule has 2 amide bonds. The van der Waals surface area contributed by atoms with Gasteiger partial charge in [0.15, 0.2) is 13.1 Å². The maximum absolute atomic E-state index is 12.1. The third-order valence-electron chi connectivity index (χ3n) is 3.86. The van der Waals surface area contributed by atoms with Gasteiger partial charge in [0, 0.05) is 17.8 Å². The predicted molar refractivity (Wildman–Crippen MR) is 99.9 cm³/mol. The third kappa shape index (κ3) is 9.10. The van der Waals surface area contributed by atoms with E-state index in [1.165, 1.54) is 0 Å². The van der Waals surface area contributed by atoms with E-state index in [0.717, 1.165) is 17.7 Å². The van der Waals surface area contributed by atoms with Gasteiger partial charge in [0.05, 0.1) is 14.2 Å². The summed E-state index contributed by atoms with van der Waals surface area (Å²) in [4.78, 5) is 25.0. The quantitative estimate of drug-likeness (QED) is 0.591. The lowest BCUT2D eigenvalue weighted by molar-refractivity contribution is -0.862. The second-order valence-corrected chi connectivity index (χ2v) is 7.03. The Morgan fingerprint density at radius 2 is 1.80 bits per heavy atom. The van der Waals surface area contributed by atoms with Crippen molar-refractivity contribution in [2.75, 3.05) is 32.6 Å². The highest BCUT2D eigenvalue weighted by Gasteiger charge is 2.16. The minimum Gasteiger partial charge on any atom is -0.497 e. The Morgan fingerprint density at radius 3 is 2.44 bits per heavy atom. The van der Waals surface area contributed by atoms with Gasteiger partial charge in [-0.25, -0.2) is 0 Å². The van der Waals surface area contributed by atoms with E-state index in [9.17, 15) is 9.59 Å². The Bertz CT molecular complexity index is 561. The molecule has 6 nitrogen and oxygen atoms in total. The van der Waals surface area contributed by atoms with E-state index in [4.69, 9.17) is 4.74 Å². The van der Waals surface area contributed by atoms with Crippen molar-refractivity contribution in [3.05, 3.63) is 24.3 Å². The molecule has 6 heteroatoms. The molecule has 0 radical (unpaired) electrons. The van der Waals surface area contributed by atoms with Crippen molar-refractivity contribution in [2.24, 2.45) is 5.92 Å². The van der Waals surface area contributed by atoms with Gasteiger partial charge in [-0.2, -0.15) is 0 Å². The van der Waals surface area contributed by atoms with Crippen molar-refractivity contribution >= 4 is 17.5 Å². The molecule has 0 fully saturated rings. The molecule has 0 aliphatic heterocycles. The van der Waals surface area contributed by atoms with Crippen LogP contribution < -0.4 is 20.3 Å². The van der Waals surface area contributed by atoms with Crippen LogP contribution >= 0.6 is 0 Å². The molecule has 1 aromatic rings. The van der Waals surface area contributed by atoms with Gasteiger partial charge in [-0.15, -0.1) is 0 Å². The first-order valence-electron chi connectivity index (χ1n) is 8.84. The number of rotatable bonds is 10. The Labute approximate surface area is 150 Å². The van der Waals surface area contributed by atoms with Crippen molar-refractivity contribution in [1.82, 2.24) is 5.32 Å². The first-order valence-corrected chi connectivity index (χ1v) is 8.84. The number of anilines is 1. The van der Waals surface area contributed by atoms with Crippen LogP contribution in [0.25, 0.3) is 0 Å². The third-order valence-corrected chi connectivity index (χ3v) is 3.86. The molecule has 0 aliphatic carbocycles.